The summed E-state index contributed by atoms with van der Waals surface area (Å²) < 4.78 is 9.50. The molecule has 1 fully saturated rings. The van der Waals surface area contributed by atoms with Crippen molar-refractivity contribution in [3.8, 4) is 11.3 Å². The van der Waals surface area contributed by atoms with Crippen molar-refractivity contribution in [2.45, 2.75) is 58.0 Å². The summed E-state index contributed by atoms with van der Waals surface area (Å²) in [6.07, 6.45) is 6.09. The van der Waals surface area contributed by atoms with Crippen LogP contribution in [0.2, 0.25) is 0 Å². The van der Waals surface area contributed by atoms with Gasteiger partial charge in [0.1, 0.15) is 11.5 Å². The highest BCUT2D eigenvalue weighted by atomic mass is 16.5. The minimum Gasteiger partial charge on any atom is -0.465 e. The van der Waals surface area contributed by atoms with Crippen LogP contribution in [0, 0.1) is 0 Å². The Morgan fingerprint density at radius 3 is 2.50 bits per heavy atom. The highest BCUT2D eigenvalue weighted by Crippen LogP contribution is 2.37. The Morgan fingerprint density at radius 2 is 1.75 bits per heavy atom. The Balaban J connectivity index is 1.64. The molecule has 0 atom stereocenters. The number of rotatable bonds is 5. The molecule has 2 aromatic heterocycles. The maximum Gasteiger partial charge on any atom is 0.337 e. The fraction of sp³-hybridized carbons (Fsp3) is 0.333. The van der Waals surface area contributed by atoms with E-state index >= 15 is 0 Å². The van der Waals surface area contributed by atoms with Crippen molar-refractivity contribution in [2.75, 3.05) is 12.4 Å². The summed E-state index contributed by atoms with van der Waals surface area (Å²) in [5, 5.41) is 6.31. The summed E-state index contributed by atoms with van der Waals surface area (Å²) in [7, 11) is 1.42. The highest BCUT2D eigenvalue weighted by Gasteiger charge is 2.25. The smallest absolute Gasteiger partial charge is 0.337 e. The lowest BCUT2D eigenvalue weighted by Gasteiger charge is -2.24. The van der Waals surface area contributed by atoms with Crippen LogP contribution >= 0.6 is 0 Å². The average molecular weight is 481 g/mol. The molecule has 0 saturated heterocycles. The Labute approximate surface area is 210 Å². The number of hydrogen-bond donors (Lipinski definition) is 1. The average Bonchev–Trinajstić information content (AvgIpc) is 3.42. The van der Waals surface area contributed by atoms with Gasteiger partial charge in [0.15, 0.2) is 0 Å². The zero-order chi connectivity index (χ0) is 24.8. The number of aromatic nitrogens is 3. The lowest BCUT2D eigenvalue weighted by Crippen LogP contribution is -2.23. The second-order valence-corrected chi connectivity index (χ2v) is 10.1. The van der Waals surface area contributed by atoms with Gasteiger partial charge in [-0.15, -0.1) is 0 Å². The molecule has 3 aromatic carbocycles. The van der Waals surface area contributed by atoms with Crippen LogP contribution in [-0.4, -0.2) is 33.1 Å². The zero-order valence-electron chi connectivity index (χ0n) is 21.1. The van der Waals surface area contributed by atoms with Gasteiger partial charge in [-0.2, -0.15) is 0 Å². The molecule has 0 bridgehead atoms. The van der Waals surface area contributed by atoms with Gasteiger partial charge >= 0.3 is 5.97 Å². The zero-order valence-corrected chi connectivity index (χ0v) is 21.1. The van der Waals surface area contributed by atoms with Crippen LogP contribution in [0.3, 0.4) is 0 Å². The summed E-state index contributed by atoms with van der Waals surface area (Å²) in [5.74, 6) is 1.54. The van der Waals surface area contributed by atoms with Crippen LogP contribution in [0.1, 0.15) is 62.4 Å². The minimum atomic E-state index is -0.334. The van der Waals surface area contributed by atoms with Gasteiger partial charge in [-0.25, -0.2) is 9.78 Å². The lowest BCUT2D eigenvalue weighted by molar-refractivity contribution is 0.0601. The van der Waals surface area contributed by atoms with E-state index in [2.05, 4.69) is 70.6 Å². The standard InChI is InChI=1S/C30H32N4O2/c1-19(2)33-25-16-15-23(29(35)36-3)18-26(25)34-28(31-24-11-5-4-6-12-24)27(32-30(33)34)22-14-13-20-9-7-8-10-21(20)17-22/h7-10,13-19,24,31H,4-6,11-12H2,1-3H3. The van der Waals surface area contributed by atoms with Crippen LogP contribution in [0.4, 0.5) is 5.82 Å². The molecule has 6 nitrogen and oxygen atoms in total. The predicted octanol–water partition coefficient (Wildman–Crippen LogP) is 7.22. The van der Waals surface area contributed by atoms with E-state index in [-0.39, 0.29) is 12.0 Å². The van der Waals surface area contributed by atoms with Crippen molar-refractivity contribution >= 4 is 39.4 Å². The van der Waals surface area contributed by atoms with Crippen LogP contribution < -0.4 is 5.32 Å². The Bertz CT molecular complexity index is 1590. The summed E-state index contributed by atoms with van der Waals surface area (Å²) in [6.45, 7) is 4.35. The first-order valence-electron chi connectivity index (χ1n) is 13.0. The molecule has 5 aromatic rings. The van der Waals surface area contributed by atoms with Crippen LogP contribution in [0.5, 0.6) is 0 Å². The van der Waals surface area contributed by atoms with Gasteiger partial charge < -0.3 is 14.6 Å². The maximum atomic E-state index is 12.4. The van der Waals surface area contributed by atoms with Crippen LogP contribution in [0.25, 0.3) is 38.8 Å². The quantitative estimate of drug-likeness (QED) is 0.270. The summed E-state index contributed by atoms with van der Waals surface area (Å²) in [5.41, 5.74) is 4.58. The molecule has 0 unspecified atom stereocenters. The lowest BCUT2D eigenvalue weighted by atomic mass is 9.95. The van der Waals surface area contributed by atoms with Crippen LogP contribution in [0.15, 0.2) is 60.7 Å². The van der Waals surface area contributed by atoms with Crippen LogP contribution in [-0.2, 0) is 4.74 Å². The summed E-state index contributed by atoms with van der Waals surface area (Å²) in [4.78, 5) is 17.7. The van der Waals surface area contributed by atoms with Gasteiger partial charge in [0.2, 0.25) is 5.78 Å². The number of imidazole rings is 2. The van der Waals surface area contributed by atoms with E-state index in [0.717, 1.165) is 46.7 Å². The number of carbonyl (C=O) groups excluding carboxylic acids is 1. The first-order chi connectivity index (χ1) is 17.5. The molecule has 0 amide bonds. The molecular formula is C30H32N4O2. The van der Waals surface area contributed by atoms with Gasteiger partial charge in [-0.1, -0.05) is 55.7 Å². The Kier molecular flexibility index (Phi) is 5.67. The van der Waals surface area contributed by atoms with E-state index < -0.39 is 0 Å². The maximum absolute atomic E-state index is 12.4. The normalized spacial score (nSPS) is 14.8. The summed E-state index contributed by atoms with van der Waals surface area (Å²) >= 11 is 0. The molecule has 0 aliphatic heterocycles. The second-order valence-electron chi connectivity index (χ2n) is 10.1. The molecular weight excluding hydrogens is 448 g/mol. The Hall–Kier alpha value is -3.80. The summed E-state index contributed by atoms with van der Waals surface area (Å²) in [6, 6.07) is 21.4. The number of esters is 1. The van der Waals surface area contributed by atoms with Crippen molar-refractivity contribution in [1.29, 1.82) is 0 Å². The molecule has 0 spiro atoms. The number of methoxy groups -OCH3 is 1. The van der Waals surface area contributed by atoms with E-state index in [9.17, 15) is 4.79 Å². The van der Waals surface area contributed by atoms with Gasteiger partial charge in [0.05, 0.1) is 23.7 Å². The molecule has 36 heavy (non-hydrogen) atoms. The van der Waals surface area contributed by atoms with E-state index in [0.29, 0.717) is 11.6 Å². The fourth-order valence-corrected chi connectivity index (χ4v) is 5.68. The van der Waals surface area contributed by atoms with Crippen molar-refractivity contribution < 1.29 is 9.53 Å². The number of fused-ring (bicyclic) bond motifs is 4. The molecule has 6 heteroatoms. The molecule has 0 radical (unpaired) electrons. The van der Waals surface area contributed by atoms with Crippen molar-refractivity contribution in [1.82, 2.24) is 14.0 Å². The molecule has 1 aliphatic carbocycles. The number of nitrogens with one attached hydrogen (secondary N) is 1. The minimum absolute atomic E-state index is 0.198. The Morgan fingerprint density at radius 1 is 0.972 bits per heavy atom. The third-order valence-electron chi connectivity index (χ3n) is 7.46. The van der Waals surface area contributed by atoms with Crippen molar-refractivity contribution in [3.63, 3.8) is 0 Å². The van der Waals surface area contributed by atoms with E-state index in [4.69, 9.17) is 9.72 Å². The topological polar surface area (TPSA) is 60.6 Å². The van der Waals surface area contributed by atoms with Gasteiger partial charge in [0, 0.05) is 17.6 Å². The van der Waals surface area contributed by atoms with Gasteiger partial charge in [0.25, 0.3) is 0 Å². The van der Waals surface area contributed by atoms with Crippen molar-refractivity contribution in [3.05, 3.63) is 66.2 Å². The fourth-order valence-electron chi connectivity index (χ4n) is 5.68. The first-order valence-corrected chi connectivity index (χ1v) is 13.0. The molecule has 1 N–H and O–H groups in total. The molecule has 1 aliphatic rings. The van der Waals surface area contributed by atoms with Crippen molar-refractivity contribution in [2.24, 2.45) is 0 Å². The third-order valence-corrected chi connectivity index (χ3v) is 7.46. The highest BCUT2D eigenvalue weighted by molar-refractivity contribution is 5.96. The molecule has 6 rings (SSSR count). The number of carbonyl (C=O) groups is 1. The van der Waals surface area contributed by atoms with Gasteiger partial charge in [-0.3, -0.25) is 4.40 Å². The SMILES string of the molecule is COC(=O)c1ccc2c(c1)n1c(NC3CCCCC3)c(-c3ccc4ccccc4c3)nc1n2C(C)C. The second kappa shape index (κ2) is 9.01. The molecule has 184 valence electrons. The number of ether oxygens (including phenoxy) is 1. The number of anilines is 1. The number of nitrogens with zero attached hydrogens (tertiary/aromatic N) is 3. The van der Waals surface area contributed by atoms with Gasteiger partial charge in [-0.05, 0) is 61.7 Å². The van der Waals surface area contributed by atoms with E-state index in [1.165, 1.54) is 37.1 Å². The number of benzene rings is 3. The molecule has 1 saturated carbocycles. The monoisotopic (exact) mass is 480 g/mol. The largest absolute Gasteiger partial charge is 0.465 e. The predicted molar refractivity (Wildman–Crippen MR) is 146 cm³/mol. The molecule has 2 heterocycles. The van der Waals surface area contributed by atoms with E-state index in [1.54, 1.807) is 0 Å². The third kappa shape index (κ3) is 3.72. The number of hydrogen-bond acceptors (Lipinski definition) is 4. The van der Waals surface area contributed by atoms with E-state index in [1.807, 2.05) is 18.2 Å². The first kappa shape index (κ1) is 22.7.